The molecule has 0 bridgehead atoms. The van der Waals surface area contributed by atoms with Crippen LogP contribution in [0, 0.1) is 20.8 Å². The zero-order valence-corrected chi connectivity index (χ0v) is 15.6. The lowest BCUT2D eigenvalue weighted by molar-refractivity contribution is 0.575. The van der Waals surface area contributed by atoms with Gasteiger partial charge in [0, 0.05) is 12.7 Å². The lowest BCUT2D eigenvalue weighted by Crippen LogP contribution is -2.26. The van der Waals surface area contributed by atoms with E-state index in [0.29, 0.717) is 4.90 Å². The van der Waals surface area contributed by atoms with Gasteiger partial charge in [0.2, 0.25) is 10.0 Å². The molecule has 1 aliphatic rings. The van der Waals surface area contributed by atoms with E-state index in [1.165, 1.54) is 12.1 Å². The lowest BCUT2D eigenvalue weighted by Gasteiger charge is -2.13. The normalized spacial score (nSPS) is 14.7. The molecule has 2 aromatic rings. The molecule has 0 aliphatic heterocycles. The molecule has 3 rings (SSSR count). The first kappa shape index (κ1) is 17.2. The van der Waals surface area contributed by atoms with Gasteiger partial charge in [0.15, 0.2) is 0 Å². The summed E-state index contributed by atoms with van der Waals surface area (Å²) in [4.78, 5) is 5.02. The zero-order chi connectivity index (χ0) is 17.5. The average Bonchev–Trinajstić information content (AvgIpc) is 2.81. The van der Waals surface area contributed by atoms with Crippen molar-refractivity contribution in [1.29, 1.82) is 0 Å². The predicted molar refractivity (Wildman–Crippen MR) is 94.5 cm³/mol. The molecular formula is C18H25N3O2S. The molecular weight excluding hydrogens is 322 g/mol. The van der Waals surface area contributed by atoms with Gasteiger partial charge in [0.1, 0.15) is 5.82 Å². The highest BCUT2D eigenvalue weighted by molar-refractivity contribution is 7.89. The van der Waals surface area contributed by atoms with Crippen LogP contribution in [0.1, 0.15) is 46.7 Å². The summed E-state index contributed by atoms with van der Waals surface area (Å²) in [5.74, 6) is 0.785. The minimum Gasteiger partial charge on any atom is -0.334 e. The zero-order valence-electron chi connectivity index (χ0n) is 14.8. The van der Waals surface area contributed by atoms with Crippen LogP contribution in [-0.2, 0) is 36.5 Å². The SMILES string of the molecule is Cc1cc(C)c(S(=O)(=O)NCc2nc3c(n2C)CCCC3)c(C)c1. The van der Waals surface area contributed by atoms with E-state index < -0.39 is 10.0 Å². The van der Waals surface area contributed by atoms with Gasteiger partial charge in [0.25, 0.3) is 0 Å². The van der Waals surface area contributed by atoms with Crippen LogP contribution < -0.4 is 4.72 Å². The third kappa shape index (κ3) is 3.13. The van der Waals surface area contributed by atoms with Gasteiger partial charge in [-0.3, -0.25) is 0 Å². The molecule has 1 aliphatic carbocycles. The molecule has 1 aromatic heterocycles. The van der Waals surface area contributed by atoms with Gasteiger partial charge in [-0.15, -0.1) is 0 Å². The summed E-state index contributed by atoms with van der Waals surface area (Å²) in [6, 6.07) is 3.81. The Morgan fingerprint density at radius 2 is 1.75 bits per heavy atom. The number of imidazole rings is 1. The number of sulfonamides is 1. The fourth-order valence-electron chi connectivity index (χ4n) is 3.72. The van der Waals surface area contributed by atoms with E-state index in [1.54, 1.807) is 0 Å². The van der Waals surface area contributed by atoms with E-state index in [2.05, 4.69) is 9.71 Å². The van der Waals surface area contributed by atoms with Crippen LogP contribution in [0.25, 0.3) is 0 Å². The quantitative estimate of drug-likeness (QED) is 0.925. The first-order valence-electron chi connectivity index (χ1n) is 8.40. The summed E-state index contributed by atoms with van der Waals surface area (Å²) in [6.07, 6.45) is 4.37. The first-order valence-corrected chi connectivity index (χ1v) is 9.89. The lowest BCUT2D eigenvalue weighted by atomic mass is 10.0. The van der Waals surface area contributed by atoms with E-state index >= 15 is 0 Å². The Morgan fingerprint density at radius 3 is 2.38 bits per heavy atom. The van der Waals surface area contributed by atoms with Gasteiger partial charge in [-0.25, -0.2) is 18.1 Å². The van der Waals surface area contributed by atoms with Crippen molar-refractivity contribution in [3.63, 3.8) is 0 Å². The van der Waals surface area contributed by atoms with Gasteiger partial charge in [0.05, 0.1) is 17.1 Å². The van der Waals surface area contributed by atoms with Crippen molar-refractivity contribution < 1.29 is 8.42 Å². The van der Waals surface area contributed by atoms with E-state index in [1.807, 2.05) is 44.5 Å². The standard InChI is InChI=1S/C18H25N3O2S/c1-12-9-13(2)18(14(3)10-12)24(22,23)19-11-17-20-15-7-5-6-8-16(15)21(17)4/h9-10,19H,5-8,11H2,1-4H3. The number of benzene rings is 1. The topological polar surface area (TPSA) is 64.0 Å². The third-order valence-corrected chi connectivity index (χ3v) is 6.47. The molecule has 0 atom stereocenters. The Balaban J connectivity index is 1.85. The number of fused-ring (bicyclic) bond motifs is 1. The molecule has 0 amide bonds. The summed E-state index contributed by atoms with van der Waals surface area (Å²) in [7, 11) is -1.58. The number of hydrogen-bond donors (Lipinski definition) is 1. The number of aryl methyl sites for hydroxylation is 4. The first-order chi connectivity index (χ1) is 11.3. The van der Waals surface area contributed by atoms with Crippen LogP contribution >= 0.6 is 0 Å². The average molecular weight is 347 g/mol. The van der Waals surface area contributed by atoms with Gasteiger partial charge >= 0.3 is 0 Å². The smallest absolute Gasteiger partial charge is 0.241 e. The summed E-state index contributed by atoms with van der Waals surface area (Å²) >= 11 is 0. The maximum Gasteiger partial charge on any atom is 0.241 e. The highest BCUT2D eigenvalue weighted by Crippen LogP contribution is 2.23. The molecule has 0 fully saturated rings. The largest absolute Gasteiger partial charge is 0.334 e. The number of nitrogens with zero attached hydrogens (tertiary/aromatic N) is 2. The predicted octanol–water partition coefficient (Wildman–Crippen LogP) is 2.70. The van der Waals surface area contributed by atoms with Gasteiger partial charge < -0.3 is 4.57 Å². The van der Waals surface area contributed by atoms with Crippen molar-refractivity contribution in [2.75, 3.05) is 0 Å². The van der Waals surface area contributed by atoms with Crippen LogP contribution in [0.15, 0.2) is 17.0 Å². The molecule has 1 heterocycles. The van der Waals surface area contributed by atoms with Crippen LogP contribution in [0.3, 0.4) is 0 Å². The van der Waals surface area contributed by atoms with Crippen LogP contribution in [0.5, 0.6) is 0 Å². The number of aromatic nitrogens is 2. The van der Waals surface area contributed by atoms with Crippen LogP contribution in [0.2, 0.25) is 0 Å². The molecule has 6 heteroatoms. The minimum absolute atomic E-state index is 0.221. The van der Waals surface area contributed by atoms with E-state index in [0.717, 1.165) is 47.5 Å². The van der Waals surface area contributed by atoms with Crippen LogP contribution in [0.4, 0.5) is 0 Å². The Kier molecular flexibility index (Phi) is 4.53. The molecule has 130 valence electrons. The molecule has 1 N–H and O–H groups in total. The Bertz CT molecular complexity index is 859. The maximum atomic E-state index is 12.8. The van der Waals surface area contributed by atoms with Crippen molar-refractivity contribution in [2.45, 2.75) is 57.9 Å². The van der Waals surface area contributed by atoms with E-state index in [4.69, 9.17) is 0 Å². The summed E-state index contributed by atoms with van der Waals surface area (Å²) in [6.45, 7) is 5.88. The number of rotatable bonds is 4. The minimum atomic E-state index is -3.56. The molecule has 5 nitrogen and oxygen atoms in total. The van der Waals surface area contributed by atoms with Gasteiger partial charge in [-0.2, -0.15) is 0 Å². The highest BCUT2D eigenvalue weighted by Gasteiger charge is 2.22. The van der Waals surface area contributed by atoms with Crippen LogP contribution in [-0.4, -0.2) is 18.0 Å². The second kappa shape index (κ2) is 6.33. The van der Waals surface area contributed by atoms with Gasteiger partial charge in [-0.1, -0.05) is 17.7 Å². The van der Waals surface area contributed by atoms with Gasteiger partial charge in [-0.05, 0) is 57.6 Å². The second-order valence-electron chi connectivity index (χ2n) is 6.74. The summed E-state index contributed by atoms with van der Waals surface area (Å²) in [5.41, 5.74) is 5.00. The highest BCUT2D eigenvalue weighted by atomic mass is 32.2. The van der Waals surface area contributed by atoms with Crippen molar-refractivity contribution >= 4 is 10.0 Å². The Hall–Kier alpha value is -1.66. The number of hydrogen-bond acceptors (Lipinski definition) is 3. The maximum absolute atomic E-state index is 12.8. The van der Waals surface area contributed by atoms with Crippen molar-refractivity contribution in [1.82, 2.24) is 14.3 Å². The summed E-state index contributed by atoms with van der Waals surface area (Å²) < 4.78 is 30.3. The number of nitrogens with one attached hydrogen (secondary N) is 1. The van der Waals surface area contributed by atoms with Crippen molar-refractivity contribution in [2.24, 2.45) is 7.05 Å². The van der Waals surface area contributed by atoms with E-state index in [-0.39, 0.29) is 6.54 Å². The van der Waals surface area contributed by atoms with Crippen molar-refractivity contribution in [3.8, 4) is 0 Å². The molecule has 0 saturated carbocycles. The molecule has 0 saturated heterocycles. The Morgan fingerprint density at radius 1 is 1.12 bits per heavy atom. The molecule has 24 heavy (non-hydrogen) atoms. The van der Waals surface area contributed by atoms with E-state index in [9.17, 15) is 8.42 Å². The molecule has 1 aromatic carbocycles. The van der Waals surface area contributed by atoms with Crippen molar-refractivity contribution in [3.05, 3.63) is 46.0 Å². The molecule has 0 radical (unpaired) electrons. The Labute approximate surface area is 144 Å². The third-order valence-electron chi connectivity index (χ3n) is 4.76. The molecule has 0 spiro atoms. The summed E-state index contributed by atoms with van der Waals surface area (Å²) in [5, 5.41) is 0. The fraction of sp³-hybridized carbons (Fsp3) is 0.500. The fourth-order valence-corrected chi connectivity index (χ4v) is 5.15. The molecule has 0 unspecified atom stereocenters. The second-order valence-corrected chi connectivity index (χ2v) is 8.44. The monoisotopic (exact) mass is 347 g/mol.